The average Bonchev–Trinajstić information content (AvgIpc) is 3.10. The van der Waals surface area contributed by atoms with Gasteiger partial charge in [0.2, 0.25) is 0 Å². The monoisotopic (exact) mass is 343 g/mol. The van der Waals surface area contributed by atoms with Crippen molar-refractivity contribution in [1.29, 1.82) is 0 Å². The molecule has 1 heterocycles. The molecule has 0 fully saturated rings. The smallest absolute Gasteiger partial charge is 0.255 e. The van der Waals surface area contributed by atoms with Crippen LogP contribution in [0.2, 0.25) is 0 Å². The number of aromatic nitrogens is 2. The van der Waals surface area contributed by atoms with Crippen LogP contribution in [0.15, 0.2) is 42.6 Å². The number of para-hydroxylation sites is 1. The van der Waals surface area contributed by atoms with Gasteiger partial charge in [-0.05, 0) is 24.3 Å². The van der Waals surface area contributed by atoms with E-state index in [1.807, 2.05) is 12.1 Å². The summed E-state index contributed by atoms with van der Waals surface area (Å²) in [7, 11) is 1.56. The van der Waals surface area contributed by atoms with Gasteiger partial charge in [0.05, 0.1) is 37.2 Å². The molecule has 0 bridgehead atoms. The molecule has 0 atom stereocenters. The van der Waals surface area contributed by atoms with Crippen LogP contribution < -0.4 is 5.32 Å². The maximum Gasteiger partial charge on any atom is 0.255 e. The first-order valence-electron chi connectivity index (χ1n) is 7.77. The normalized spacial score (nSPS) is 11.0. The van der Waals surface area contributed by atoms with Crippen molar-refractivity contribution in [3.05, 3.63) is 59.5 Å². The van der Waals surface area contributed by atoms with E-state index in [1.54, 1.807) is 19.4 Å². The van der Waals surface area contributed by atoms with Gasteiger partial charge in [-0.1, -0.05) is 12.1 Å². The highest BCUT2D eigenvalue weighted by molar-refractivity contribution is 6.08. The van der Waals surface area contributed by atoms with Crippen LogP contribution in [0.1, 0.15) is 15.9 Å². The van der Waals surface area contributed by atoms with Crippen LogP contribution in [0.3, 0.4) is 0 Å². The Morgan fingerprint density at radius 3 is 3.00 bits per heavy atom. The number of hydrogen-bond donors (Lipinski definition) is 2. The first-order chi connectivity index (χ1) is 12.2. The van der Waals surface area contributed by atoms with Crippen LogP contribution >= 0.6 is 0 Å². The fourth-order valence-corrected chi connectivity index (χ4v) is 2.42. The summed E-state index contributed by atoms with van der Waals surface area (Å²) in [6.45, 7) is 0.858. The number of methoxy groups -OCH3 is 1. The quantitative estimate of drug-likeness (QED) is 0.646. The number of halogens is 1. The van der Waals surface area contributed by atoms with Gasteiger partial charge in [0.25, 0.3) is 5.91 Å². The molecule has 1 amide bonds. The summed E-state index contributed by atoms with van der Waals surface area (Å²) < 4.78 is 24.1. The second-order valence-electron chi connectivity index (χ2n) is 5.45. The molecular formula is C18H18FN3O3. The van der Waals surface area contributed by atoms with Crippen LogP contribution in [-0.2, 0) is 16.1 Å². The number of ether oxygens (including phenoxy) is 2. The van der Waals surface area contributed by atoms with Gasteiger partial charge in [0.15, 0.2) is 0 Å². The van der Waals surface area contributed by atoms with Gasteiger partial charge in [-0.2, -0.15) is 5.10 Å². The Morgan fingerprint density at radius 2 is 2.16 bits per heavy atom. The third-order valence-corrected chi connectivity index (χ3v) is 3.72. The molecule has 0 saturated heterocycles. The number of carbonyl (C=O) groups excluding carboxylic acids is 1. The molecule has 0 radical (unpaired) electrons. The van der Waals surface area contributed by atoms with E-state index in [-0.39, 0.29) is 12.5 Å². The van der Waals surface area contributed by atoms with Gasteiger partial charge in [0.1, 0.15) is 5.82 Å². The maximum atomic E-state index is 13.9. The number of hydrogen-bond acceptors (Lipinski definition) is 4. The van der Waals surface area contributed by atoms with Crippen LogP contribution in [-0.4, -0.2) is 36.4 Å². The topological polar surface area (TPSA) is 76.2 Å². The Balaban J connectivity index is 1.74. The van der Waals surface area contributed by atoms with Gasteiger partial charge < -0.3 is 14.8 Å². The number of anilines is 1. The van der Waals surface area contributed by atoms with Crippen molar-refractivity contribution in [1.82, 2.24) is 10.2 Å². The summed E-state index contributed by atoms with van der Waals surface area (Å²) >= 11 is 0. The van der Waals surface area contributed by atoms with Crippen LogP contribution in [0.25, 0.3) is 10.9 Å². The van der Waals surface area contributed by atoms with Gasteiger partial charge >= 0.3 is 0 Å². The molecule has 1 aromatic heterocycles. The van der Waals surface area contributed by atoms with Gasteiger partial charge in [-0.15, -0.1) is 0 Å². The fourth-order valence-electron chi connectivity index (χ4n) is 2.42. The lowest BCUT2D eigenvalue weighted by atomic mass is 10.1. The number of H-pyrrole nitrogens is 1. The van der Waals surface area contributed by atoms with Crippen molar-refractivity contribution in [3.8, 4) is 0 Å². The van der Waals surface area contributed by atoms with Crippen molar-refractivity contribution in [2.75, 3.05) is 25.6 Å². The lowest BCUT2D eigenvalue weighted by Gasteiger charge is -2.09. The maximum absolute atomic E-state index is 13.9. The molecule has 0 aliphatic rings. The zero-order valence-corrected chi connectivity index (χ0v) is 13.7. The second kappa shape index (κ2) is 7.87. The molecule has 0 unspecified atom stereocenters. The molecule has 3 rings (SSSR count). The number of nitrogens with one attached hydrogen (secondary N) is 2. The predicted molar refractivity (Wildman–Crippen MR) is 92.0 cm³/mol. The summed E-state index contributed by atoms with van der Waals surface area (Å²) in [6.07, 6.45) is 1.68. The minimum Gasteiger partial charge on any atom is -0.382 e. The summed E-state index contributed by atoms with van der Waals surface area (Å²) in [4.78, 5) is 12.5. The highest BCUT2D eigenvalue weighted by Crippen LogP contribution is 2.21. The van der Waals surface area contributed by atoms with E-state index in [1.165, 1.54) is 18.2 Å². The largest absolute Gasteiger partial charge is 0.382 e. The van der Waals surface area contributed by atoms with E-state index >= 15 is 0 Å². The third-order valence-electron chi connectivity index (χ3n) is 3.72. The molecule has 2 aromatic carbocycles. The highest BCUT2D eigenvalue weighted by atomic mass is 19.1. The molecule has 6 nitrogen and oxygen atoms in total. The molecule has 130 valence electrons. The molecule has 0 aliphatic carbocycles. The van der Waals surface area contributed by atoms with Gasteiger partial charge in [-0.25, -0.2) is 4.39 Å². The molecule has 0 spiro atoms. The first-order valence-corrected chi connectivity index (χ1v) is 7.77. The van der Waals surface area contributed by atoms with Crippen LogP contribution in [0.5, 0.6) is 0 Å². The zero-order valence-electron chi connectivity index (χ0n) is 13.7. The van der Waals surface area contributed by atoms with E-state index in [9.17, 15) is 9.18 Å². The Labute approximate surface area is 143 Å². The average molecular weight is 343 g/mol. The second-order valence-corrected chi connectivity index (χ2v) is 5.45. The molecule has 2 N–H and O–H groups in total. The minimum absolute atomic E-state index is 0.0758. The molecule has 0 saturated carbocycles. The van der Waals surface area contributed by atoms with Crippen molar-refractivity contribution in [2.24, 2.45) is 0 Å². The number of fused-ring (bicyclic) bond motifs is 1. The highest BCUT2D eigenvalue weighted by Gasteiger charge is 2.12. The lowest BCUT2D eigenvalue weighted by Crippen LogP contribution is -2.13. The van der Waals surface area contributed by atoms with Gasteiger partial charge in [-0.3, -0.25) is 9.89 Å². The number of aromatic amines is 1. The van der Waals surface area contributed by atoms with Crippen molar-refractivity contribution in [2.45, 2.75) is 6.61 Å². The lowest BCUT2D eigenvalue weighted by molar-refractivity contribution is 0.0604. The molecule has 25 heavy (non-hydrogen) atoms. The van der Waals surface area contributed by atoms with E-state index in [4.69, 9.17) is 9.47 Å². The standard InChI is InChI=1S/C18H18FN3O3/c1-24-7-8-25-11-14-9-12(5-6-15(14)19)18(23)21-16-4-2-3-13-10-20-22-17(13)16/h2-6,9-10H,7-8,11H2,1H3,(H,20,22)(H,21,23). The number of amides is 1. The van der Waals surface area contributed by atoms with Crippen LogP contribution in [0, 0.1) is 5.82 Å². The Morgan fingerprint density at radius 1 is 1.28 bits per heavy atom. The molecule has 0 aliphatic heterocycles. The SMILES string of the molecule is COCCOCc1cc(C(=O)Nc2cccc3cn[nH]c23)ccc1F. The summed E-state index contributed by atoms with van der Waals surface area (Å²) in [6, 6.07) is 9.69. The zero-order chi connectivity index (χ0) is 17.6. The number of rotatable bonds is 7. The minimum atomic E-state index is -0.412. The van der Waals surface area contributed by atoms with Crippen molar-refractivity contribution >= 4 is 22.5 Å². The Bertz CT molecular complexity index is 879. The molecule has 7 heteroatoms. The van der Waals surface area contributed by atoms with Crippen LogP contribution in [0.4, 0.5) is 10.1 Å². The number of benzene rings is 2. The van der Waals surface area contributed by atoms with E-state index in [2.05, 4.69) is 15.5 Å². The number of carbonyl (C=O) groups is 1. The molecular weight excluding hydrogens is 325 g/mol. The fraction of sp³-hybridized carbons (Fsp3) is 0.222. The number of nitrogens with zero attached hydrogens (tertiary/aromatic N) is 1. The van der Waals surface area contributed by atoms with Gasteiger partial charge in [0, 0.05) is 23.6 Å². The predicted octanol–water partition coefficient (Wildman–Crippen LogP) is 3.12. The third kappa shape index (κ3) is 4.01. The summed E-state index contributed by atoms with van der Waals surface area (Å²) in [5.41, 5.74) is 2.02. The van der Waals surface area contributed by atoms with Crippen molar-refractivity contribution < 1.29 is 18.7 Å². The Hall–Kier alpha value is -2.77. The Kier molecular flexibility index (Phi) is 5.37. The van der Waals surface area contributed by atoms with E-state index < -0.39 is 5.82 Å². The van der Waals surface area contributed by atoms with E-state index in [0.29, 0.717) is 30.0 Å². The van der Waals surface area contributed by atoms with E-state index in [0.717, 1.165) is 10.9 Å². The molecule has 3 aromatic rings. The van der Waals surface area contributed by atoms with Crippen molar-refractivity contribution in [3.63, 3.8) is 0 Å². The summed E-state index contributed by atoms with van der Waals surface area (Å²) in [5, 5.41) is 10.5. The first kappa shape index (κ1) is 17.1. The summed E-state index contributed by atoms with van der Waals surface area (Å²) in [5.74, 6) is -0.745.